The van der Waals surface area contributed by atoms with Crippen LogP contribution in [-0.2, 0) is 0 Å². The average molecular weight is 256 g/mol. The Bertz CT molecular complexity index is 652. The minimum absolute atomic E-state index is 0.219. The zero-order valence-electron chi connectivity index (χ0n) is 10.3. The van der Waals surface area contributed by atoms with Crippen LogP contribution < -0.4 is 11.1 Å². The maximum atomic E-state index is 12.0. The minimum Gasteiger partial charge on any atom is -0.338 e. The molecule has 0 saturated heterocycles. The van der Waals surface area contributed by atoms with Crippen molar-refractivity contribution in [3.05, 3.63) is 41.3 Å². The van der Waals surface area contributed by atoms with E-state index in [1.54, 1.807) is 25.1 Å². The largest absolute Gasteiger partial charge is 0.338 e. The molecule has 0 aliphatic heterocycles. The van der Waals surface area contributed by atoms with Crippen molar-refractivity contribution in [3.63, 3.8) is 0 Å². The molecule has 6 nitrogen and oxygen atoms in total. The topological polar surface area (TPSA) is 94.0 Å². The lowest BCUT2D eigenvalue weighted by Gasteiger charge is -2.02. The Hall–Kier alpha value is -2.65. The van der Waals surface area contributed by atoms with Crippen molar-refractivity contribution in [2.24, 2.45) is 5.73 Å². The monoisotopic (exact) mass is 256 g/mol. The molecule has 2 rings (SSSR count). The van der Waals surface area contributed by atoms with Gasteiger partial charge in [-0.3, -0.25) is 10.1 Å². The number of anilines is 1. The summed E-state index contributed by atoms with van der Waals surface area (Å²) in [5.74, 6) is 5.35. The highest BCUT2D eigenvalue weighted by Crippen LogP contribution is 2.11. The van der Waals surface area contributed by atoms with Crippen molar-refractivity contribution in [1.82, 2.24) is 10.1 Å². The Labute approximate surface area is 110 Å². The van der Waals surface area contributed by atoms with Gasteiger partial charge in [0.1, 0.15) is 5.69 Å². The first-order valence-corrected chi connectivity index (χ1v) is 5.59. The van der Waals surface area contributed by atoms with Crippen molar-refractivity contribution in [1.29, 1.82) is 0 Å². The van der Waals surface area contributed by atoms with Gasteiger partial charge in [-0.05, 0) is 19.1 Å². The van der Waals surface area contributed by atoms with Crippen LogP contribution in [0.1, 0.15) is 21.7 Å². The van der Waals surface area contributed by atoms with Crippen LogP contribution in [0, 0.1) is 18.8 Å². The van der Waals surface area contributed by atoms with E-state index in [1.165, 1.54) is 6.20 Å². The molecule has 1 amide bonds. The summed E-state index contributed by atoms with van der Waals surface area (Å²) in [6, 6.07) is 5.03. The number of hydrogen-bond acceptors (Lipinski definition) is 5. The fraction of sp³-hybridized carbons (Fsp3) is 0.154. The van der Waals surface area contributed by atoms with E-state index in [0.29, 0.717) is 11.3 Å². The quantitative estimate of drug-likeness (QED) is 0.780. The lowest BCUT2D eigenvalue weighted by molar-refractivity contribution is 0.101. The van der Waals surface area contributed by atoms with E-state index < -0.39 is 5.91 Å². The van der Waals surface area contributed by atoms with E-state index in [1.807, 2.05) is 0 Å². The zero-order valence-corrected chi connectivity index (χ0v) is 10.3. The molecule has 3 N–H and O–H groups in total. The SMILES string of the molecule is Cc1cc(NC(=O)c2ncccc2C#CCN)on1. The molecule has 2 aromatic heterocycles. The van der Waals surface area contributed by atoms with Gasteiger partial charge in [-0.2, -0.15) is 0 Å². The Kier molecular flexibility index (Phi) is 3.90. The lowest BCUT2D eigenvalue weighted by Crippen LogP contribution is -2.15. The highest BCUT2D eigenvalue weighted by atomic mass is 16.5. The number of nitrogens with one attached hydrogen (secondary N) is 1. The van der Waals surface area contributed by atoms with Crippen molar-refractivity contribution in [2.45, 2.75) is 6.92 Å². The summed E-state index contributed by atoms with van der Waals surface area (Å²) in [5.41, 5.74) is 6.73. The summed E-state index contributed by atoms with van der Waals surface area (Å²) in [6.45, 7) is 1.98. The standard InChI is InChI=1S/C13H12N4O2/c1-9-8-11(19-17-9)16-13(18)12-10(4-2-6-14)5-3-7-15-12/h3,5,7-8H,6,14H2,1H3,(H,16,18). The van der Waals surface area contributed by atoms with Gasteiger partial charge in [-0.15, -0.1) is 0 Å². The van der Waals surface area contributed by atoms with Crippen LogP contribution in [0.4, 0.5) is 5.88 Å². The molecule has 0 aliphatic rings. The Morgan fingerprint density at radius 2 is 2.42 bits per heavy atom. The number of nitrogens with zero attached hydrogens (tertiary/aromatic N) is 2. The number of amides is 1. The third-order valence-electron chi connectivity index (χ3n) is 2.21. The van der Waals surface area contributed by atoms with Gasteiger partial charge in [0.05, 0.1) is 17.8 Å². The number of aromatic nitrogens is 2. The number of carbonyl (C=O) groups is 1. The van der Waals surface area contributed by atoms with Gasteiger partial charge < -0.3 is 10.3 Å². The van der Waals surface area contributed by atoms with Gasteiger partial charge in [0.25, 0.3) is 5.91 Å². The van der Waals surface area contributed by atoms with Crippen molar-refractivity contribution >= 4 is 11.8 Å². The van der Waals surface area contributed by atoms with E-state index in [2.05, 4.69) is 27.3 Å². The van der Waals surface area contributed by atoms with Gasteiger partial charge in [0, 0.05) is 12.3 Å². The molecule has 19 heavy (non-hydrogen) atoms. The number of nitrogens with two attached hydrogens (primary N) is 1. The molecule has 0 fully saturated rings. The number of hydrogen-bond donors (Lipinski definition) is 2. The summed E-state index contributed by atoms with van der Waals surface area (Å²) in [7, 11) is 0. The number of carbonyl (C=O) groups excluding carboxylic acids is 1. The Balaban J connectivity index is 2.23. The lowest BCUT2D eigenvalue weighted by atomic mass is 10.2. The van der Waals surface area contributed by atoms with Gasteiger partial charge in [0.15, 0.2) is 0 Å². The molecule has 0 unspecified atom stereocenters. The number of aryl methyl sites for hydroxylation is 1. The number of rotatable bonds is 2. The molecule has 0 atom stereocenters. The van der Waals surface area contributed by atoms with Crippen LogP contribution >= 0.6 is 0 Å². The van der Waals surface area contributed by atoms with Crippen molar-refractivity contribution < 1.29 is 9.32 Å². The fourth-order valence-corrected chi connectivity index (χ4v) is 1.43. The molecular weight excluding hydrogens is 244 g/mol. The number of pyridine rings is 1. The van der Waals surface area contributed by atoms with E-state index in [0.717, 1.165) is 0 Å². The molecule has 6 heteroatoms. The molecule has 2 aromatic rings. The molecule has 0 bridgehead atoms. The summed E-state index contributed by atoms with van der Waals surface area (Å²) in [5, 5.41) is 6.25. The molecule has 96 valence electrons. The second-order valence-electron chi connectivity index (χ2n) is 3.69. The van der Waals surface area contributed by atoms with Crippen LogP contribution in [0.2, 0.25) is 0 Å². The van der Waals surface area contributed by atoms with Crippen LogP contribution in [0.3, 0.4) is 0 Å². The molecule has 2 heterocycles. The van der Waals surface area contributed by atoms with E-state index in [-0.39, 0.29) is 18.1 Å². The zero-order chi connectivity index (χ0) is 13.7. The van der Waals surface area contributed by atoms with Gasteiger partial charge >= 0.3 is 0 Å². The first-order valence-electron chi connectivity index (χ1n) is 5.59. The maximum absolute atomic E-state index is 12.0. The second kappa shape index (κ2) is 5.80. The Morgan fingerprint density at radius 3 is 3.11 bits per heavy atom. The van der Waals surface area contributed by atoms with E-state index in [9.17, 15) is 4.79 Å². The van der Waals surface area contributed by atoms with Gasteiger partial charge in [0.2, 0.25) is 5.88 Å². The minimum atomic E-state index is -0.405. The fourth-order valence-electron chi connectivity index (χ4n) is 1.43. The summed E-state index contributed by atoms with van der Waals surface area (Å²) in [6.07, 6.45) is 1.52. The summed E-state index contributed by atoms with van der Waals surface area (Å²) >= 11 is 0. The van der Waals surface area contributed by atoms with Crippen molar-refractivity contribution in [2.75, 3.05) is 11.9 Å². The third-order valence-corrected chi connectivity index (χ3v) is 2.21. The molecular formula is C13H12N4O2. The smallest absolute Gasteiger partial charge is 0.277 e. The van der Waals surface area contributed by atoms with E-state index in [4.69, 9.17) is 10.3 Å². The Morgan fingerprint density at radius 1 is 1.58 bits per heavy atom. The molecule has 0 saturated carbocycles. The van der Waals surface area contributed by atoms with Crippen LogP contribution in [0.25, 0.3) is 0 Å². The van der Waals surface area contributed by atoms with Crippen molar-refractivity contribution in [3.8, 4) is 11.8 Å². The second-order valence-corrected chi connectivity index (χ2v) is 3.69. The molecule has 0 aromatic carbocycles. The first-order chi connectivity index (χ1) is 9.20. The third kappa shape index (κ3) is 3.18. The molecule has 0 spiro atoms. The van der Waals surface area contributed by atoms with E-state index >= 15 is 0 Å². The molecule has 0 aliphatic carbocycles. The van der Waals surface area contributed by atoms with Crippen LogP contribution in [0.15, 0.2) is 28.9 Å². The van der Waals surface area contributed by atoms with Gasteiger partial charge in [-0.1, -0.05) is 17.0 Å². The highest BCUT2D eigenvalue weighted by Gasteiger charge is 2.13. The predicted molar refractivity (Wildman–Crippen MR) is 69.4 cm³/mol. The summed E-state index contributed by atoms with van der Waals surface area (Å²) < 4.78 is 4.91. The molecule has 0 radical (unpaired) electrons. The summed E-state index contributed by atoms with van der Waals surface area (Å²) in [4.78, 5) is 16.1. The van der Waals surface area contributed by atoms with Crippen LogP contribution in [0.5, 0.6) is 0 Å². The van der Waals surface area contributed by atoms with Gasteiger partial charge in [-0.25, -0.2) is 4.98 Å². The normalized spacial score (nSPS) is 9.58. The maximum Gasteiger partial charge on any atom is 0.277 e. The average Bonchev–Trinajstić information content (AvgIpc) is 2.82. The van der Waals surface area contributed by atoms with Crippen LogP contribution in [-0.4, -0.2) is 22.6 Å². The predicted octanol–water partition coefficient (Wildman–Crippen LogP) is 0.941. The highest BCUT2D eigenvalue weighted by molar-refractivity contribution is 6.03. The first kappa shape index (κ1) is 12.8.